The number of amides is 1. The van der Waals surface area contributed by atoms with E-state index in [9.17, 15) is 4.79 Å². The van der Waals surface area contributed by atoms with Crippen molar-refractivity contribution in [2.75, 3.05) is 13.3 Å². The number of ether oxygens (including phenoxy) is 2. The first-order valence-corrected chi connectivity index (χ1v) is 8.40. The molecule has 2 aliphatic rings. The van der Waals surface area contributed by atoms with Gasteiger partial charge in [0.25, 0.3) is 0 Å². The minimum atomic E-state index is 0.121. The molecule has 0 N–H and O–H groups in total. The molecule has 5 nitrogen and oxygen atoms in total. The van der Waals surface area contributed by atoms with Crippen molar-refractivity contribution in [3.05, 3.63) is 53.9 Å². The zero-order chi connectivity index (χ0) is 16.4. The van der Waals surface area contributed by atoms with E-state index in [4.69, 9.17) is 9.47 Å². The lowest BCUT2D eigenvalue weighted by Crippen LogP contribution is -2.31. The summed E-state index contributed by atoms with van der Waals surface area (Å²) in [6.07, 6.45) is 5.04. The highest BCUT2D eigenvalue weighted by Gasteiger charge is 2.30. The number of fused-ring (bicyclic) bond motifs is 1. The molecular weight excluding hydrogens is 304 g/mol. The normalized spacial score (nSPS) is 18.8. The molecule has 0 spiro atoms. The molecule has 2 aromatic rings. The van der Waals surface area contributed by atoms with Gasteiger partial charge in [0, 0.05) is 19.2 Å². The van der Waals surface area contributed by atoms with Crippen LogP contribution < -0.4 is 9.47 Å². The van der Waals surface area contributed by atoms with Gasteiger partial charge in [-0.25, -0.2) is 0 Å². The van der Waals surface area contributed by atoms with E-state index in [1.54, 1.807) is 6.20 Å². The SMILES string of the molecule is O=C(CCc1ccc2c(c1)OCO2)N1CCCC1c1ccccn1. The maximum atomic E-state index is 12.7. The van der Waals surface area contributed by atoms with Gasteiger partial charge in [-0.1, -0.05) is 12.1 Å². The zero-order valence-electron chi connectivity index (χ0n) is 13.5. The van der Waals surface area contributed by atoms with Gasteiger partial charge in [-0.3, -0.25) is 9.78 Å². The number of aromatic nitrogens is 1. The van der Waals surface area contributed by atoms with Crippen LogP contribution in [0, 0.1) is 0 Å². The van der Waals surface area contributed by atoms with Crippen LogP contribution in [0.15, 0.2) is 42.6 Å². The third kappa shape index (κ3) is 2.94. The Hall–Kier alpha value is -2.56. The van der Waals surface area contributed by atoms with Crippen LogP contribution in [0.5, 0.6) is 11.5 Å². The number of hydrogen-bond donors (Lipinski definition) is 0. The number of rotatable bonds is 4. The summed E-state index contributed by atoms with van der Waals surface area (Å²) in [7, 11) is 0. The molecule has 1 amide bonds. The summed E-state index contributed by atoms with van der Waals surface area (Å²) in [6.45, 7) is 1.10. The van der Waals surface area contributed by atoms with Crippen LogP contribution in [0.1, 0.15) is 36.6 Å². The van der Waals surface area contributed by atoms with Crippen LogP contribution >= 0.6 is 0 Å². The Morgan fingerprint density at radius 1 is 1.21 bits per heavy atom. The lowest BCUT2D eigenvalue weighted by Gasteiger charge is -2.24. The number of carbonyl (C=O) groups excluding carboxylic acids is 1. The third-order valence-electron chi connectivity index (χ3n) is 4.67. The quantitative estimate of drug-likeness (QED) is 0.867. The van der Waals surface area contributed by atoms with Crippen molar-refractivity contribution < 1.29 is 14.3 Å². The fraction of sp³-hybridized carbons (Fsp3) is 0.368. The minimum Gasteiger partial charge on any atom is -0.454 e. The summed E-state index contributed by atoms with van der Waals surface area (Å²) in [4.78, 5) is 19.1. The molecule has 0 aliphatic carbocycles. The van der Waals surface area contributed by atoms with Crippen molar-refractivity contribution in [3.63, 3.8) is 0 Å². The topological polar surface area (TPSA) is 51.7 Å². The van der Waals surface area contributed by atoms with Crippen LogP contribution in [-0.4, -0.2) is 29.1 Å². The molecule has 1 saturated heterocycles. The Bertz CT molecular complexity index is 733. The highest BCUT2D eigenvalue weighted by atomic mass is 16.7. The zero-order valence-corrected chi connectivity index (χ0v) is 13.5. The number of nitrogens with zero attached hydrogens (tertiary/aromatic N) is 2. The van der Waals surface area contributed by atoms with Crippen LogP contribution in [0.3, 0.4) is 0 Å². The average molecular weight is 324 g/mol. The standard InChI is InChI=1S/C19H20N2O3/c22-19(9-7-14-6-8-17-18(12-14)24-13-23-17)21-11-3-5-16(21)15-4-1-2-10-20-15/h1-2,4,6,8,10,12,16H,3,5,7,9,11,13H2. The molecule has 1 atom stereocenters. The summed E-state index contributed by atoms with van der Waals surface area (Å²) in [6, 6.07) is 11.9. The smallest absolute Gasteiger partial charge is 0.231 e. The fourth-order valence-electron chi connectivity index (χ4n) is 3.44. The molecule has 1 unspecified atom stereocenters. The summed E-state index contributed by atoms with van der Waals surface area (Å²) in [5.74, 6) is 1.74. The van der Waals surface area contributed by atoms with E-state index in [-0.39, 0.29) is 18.7 Å². The van der Waals surface area contributed by atoms with Gasteiger partial charge in [0.2, 0.25) is 12.7 Å². The van der Waals surface area contributed by atoms with Gasteiger partial charge in [-0.2, -0.15) is 0 Å². The fourth-order valence-corrected chi connectivity index (χ4v) is 3.44. The summed E-state index contributed by atoms with van der Waals surface area (Å²) in [5, 5.41) is 0. The van der Waals surface area contributed by atoms with Gasteiger partial charge < -0.3 is 14.4 Å². The maximum Gasteiger partial charge on any atom is 0.231 e. The molecule has 1 fully saturated rings. The third-order valence-corrected chi connectivity index (χ3v) is 4.67. The molecule has 1 aromatic carbocycles. The van der Waals surface area contributed by atoms with Crippen molar-refractivity contribution in [2.45, 2.75) is 31.7 Å². The molecule has 3 heterocycles. The minimum absolute atomic E-state index is 0.121. The van der Waals surface area contributed by atoms with Gasteiger partial charge >= 0.3 is 0 Å². The Balaban J connectivity index is 1.40. The average Bonchev–Trinajstić information content (AvgIpc) is 3.29. The molecule has 1 aromatic heterocycles. The number of carbonyl (C=O) groups is 1. The first-order valence-electron chi connectivity index (χ1n) is 8.40. The lowest BCUT2D eigenvalue weighted by atomic mass is 10.1. The highest BCUT2D eigenvalue weighted by Crippen LogP contribution is 2.34. The predicted molar refractivity (Wildman–Crippen MR) is 88.8 cm³/mol. The second-order valence-electron chi connectivity index (χ2n) is 6.19. The molecule has 124 valence electrons. The van der Waals surface area contributed by atoms with Crippen LogP contribution in [0.25, 0.3) is 0 Å². The van der Waals surface area contributed by atoms with Gasteiger partial charge in [0.05, 0.1) is 11.7 Å². The predicted octanol–water partition coefficient (Wildman–Crippen LogP) is 3.11. The largest absolute Gasteiger partial charge is 0.454 e. The van der Waals surface area contributed by atoms with Crippen molar-refractivity contribution in [2.24, 2.45) is 0 Å². The monoisotopic (exact) mass is 324 g/mol. The summed E-state index contributed by atoms with van der Waals surface area (Å²) < 4.78 is 10.7. The van der Waals surface area contributed by atoms with Crippen LogP contribution in [0.4, 0.5) is 0 Å². The van der Waals surface area contributed by atoms with E-state index in [1.165, 1.54) is 0 Å². The van der Waals surface area contributed by atoms with Gasteiger partial charge in [0.1, 0.15) is 0 Å². The van der Waals surface area contributed by atoms with Crippen LogP contribution in [0.2, 0.25) is 0 Å². The summed E-state index contributed by atoms with van der Waals surface area (Å²) >= 11 is 0. The van der Waals surface area contributed by atoms with Crippen molar-refractivity contribution in [3.8, 4) is 11.5 Å². The number of benzene rings is 1. The summed E-state index contributed by atoms with van der Waals surface area (Å²) in [5.41, 5.74) is 2.09. The first-order chi connectivity index (χ1) is 11.8. The molecule has 0 saturated carbocycles. The Labute approximate surface area is 141 Å². The van der Waals surface area contributed by atoms with Gasteiger partial charge in [0.15, 0.2) is 11.5 Å². The molecule has 0 bridgehead atoms. The van der Waals surface area contributed by atoms with Crippen molar-refractivity contribution in [1.82, 2.24) is 9.88 Å². The Morgan fingerprint density at radius 2 is 2.12 bits per heavy atom. The number of hydrogen-bond acceptors (Lipinski definition) is 4. The van der Waals surface area contributed by atoms with E-state index in [0.29, 0.717) is 12.8 Å². The molecule has 0 radical (unpaired) electrons. The van der Waals surface area contributed by atoms with E-state index < -0.39 is 0 Å². The second-order valence-corrected chi connectivity index (χ2v) is 6.19. The van der Waals surface area contributed by atoms with Gasteiger partial charge in [-0.05, 0) is 49.1 Å². The Morgan fingerprint density at radius 3 is 3.00 bits per heavy atom. The number of likely N-dealkylation sites (tertiary alicyclic amines) is 1. The van der Waals surface area contributed by atoms with E-state index in [0.717, 1.165) is 42.1 Å². The molecule has 4 rings (SSSR count). The highest BCUT2D eigenvalue weighted by molar-refractivity contribution is 5.77. The molecule has 24 heavy (non-hydrogen) atoms. The van der Waals surface area contributed by atoms with Gasteiger partial charge in [-0.15, -0.1) is 0 Å². The second kappa shape index (κ2) is 6.51. The molecule has 2 aliphatic heterocycles. The van der Waals surface area contributed by atoms with E-state index in [2.05, 4.69) is 4.98 Å². The lowest BCUT2D eigenvalue weighted by molar-refractivity contribution is -0.132. The number of pyridine rings is 1. The van der Waals surface area contributed by atoms with Crippen molar-refractivity contribution >= 4 is 5.91 Å². The number of aryl methyl sites for hydroxylation is 1. The Kier molecular flexibility index (Phi) is 4.07. The molecular formula is C19H20N2O3. The maximum absolute atomic E-state index is 12.7. The van der Waals surface area contributed by atoms with E-state index in [1.807, 2.05) is 41.3 Å². The van der Waals surface area contributed by atoms with E-state index >= 15 is 0 Å². The molecule has 5 heteroatoms. The van der Waals surface area contributed by atoms with Crippen molar-refractivity contribution in [1.29, 1.82) is 0 Å². The van der Waals surface area contributed by atoms with Crippen LogP contribution in [-0.2, 0) is 11.2 Å². The first kappa shape index (κ1) is 15.0.